The molecule has 1 atom stereocenters. The summed E-state index contributed by atoms with van der Waals surface area (Å²) in [5.41, 5.74) is 1.15. The van der Waals surface area contributed by atoms with Gasteiger partial charge in [-0.2, -0.15) is 4.98 Å². The molecule has 1 aliphatic rings. The number of rotatable bonds is 5. The minimum absolute atomic E-state index is 0.291. The summed E-state index contributed by atoms with van der Waals surface area (Å²) in [6.45, 7) is 1.49. The maximum atomic E-state index is 5.34. The molecule has 2 aromatic rings. The molecule has 0 aliphatic carbocycles. The van der Waals surface area contributed by atoms with Gasteiger partial charge in [0, 0.05) is 18.9 Å². The van der Waals surface area contributed by atoms with Gasteiger partial charge in [-0.25, -0.2) is 0 Å². The van der Waals surface area contributed by atoms with Crippen LogP contribution in [0.4, 0.5) is 0 Å². The van der Waals surface area contributed by atoms with Crippen molar-refractivity contribution in [2.24, 2.45) is 0 Å². The third kappa shape index (κ3) is 2.82. The molecule has 0 amide bonds. The second-order valence-electron chi connectivity index (χ2n) is 4.92. The van der Waals surface area contributed by atoms with Crippen LogP contribution < -0.4 is 4.74 Å². The molecule has 2 heterocycles. The smallest absolute Gasteiger partial charge is 0.226 e. The lowest BCUT2D eigenvalue weighted by atomic mass is 10.1. The molecule has 5 nitrogen and oxygen atoms in total. The van der Waals surface area contributed by atoms with E-state index in [0.29, 0.717) is 18.4 Å². The van der Waals surface area contributed by atoms with Gasteiger partial charge in [0.1, 0.15) is 5.75 Å². The van der Waals surface area contributed by atoms with E-state index in [2.05, 4.69) is 16.2 Å². The number of aromatic nitrogens is 2. The van der Waals surface area contributed by atoms with Crippen LogP contribution in [0.25, 0.3) is 0 Å². The first-order chi connectivity index (χ1) is 9.86. The van der Waals surface area contributed by atoms with Gasteiger partial charge < -0.3 is 14.0 Å². The lowest BCUT2D eigenvalue weighted by molar-refractivity contribution is 0.192. The van der Waals surface area contributed by atoms with Crippen molar-refractivity contribution in [1.82, 2.24) is 10.1 Å². The standard InChI is InChI=1S/C15H18N2O3/c1-18-13-5-3-2-4-11(13)6-7-14-16-15(17-20-14)12-8-9-19-10-12/h2-5,12H,6-10H2,1H3. The first kappa shape index (κ1) is 13.1. The number of aryl methyl sites for hydroxylation is 2. The molecule has 20 heavy (non-hydrogen) atoms. The molecule has 0 bridgehead atoms. The average molecular weight is 274 g/mol. The van der Waals surface area contributed by atoms with Crippen LogP contribution in [0.1, 0.15) is 29.6 Å². The van der Waals surface area contributed by atoms with E-state index in [1.54, 1.807) is 7.11 Å². The van der Waals surface area contributed by atoms with Crippen molar-refractivity contribution in [1.29, 1.82) is 0 Å². The quantitative estimate of drug-likeness (QED) is 0.837. The van der Waals surface area contributed by atoms with Gasteiger partial charge in [0.2, 0.25) is 5.89 Å². The van der Waals surface area contributed by atoms with Crippen molar-refractivity contribution >= 4 is 0 Å². The van der Waals surface area contributed by atoms with Crippen LogP contribution in [0.15, 0.2) is 28.8 Å². The summed E-state index contributed by atoms with van der Waals surface area (Å²) >= 11 is 0. The van der Waals surface area contributed by atoms with Crippen molar-refractivity contribution in [2.75, 3.05) is 20.3 Å². The highest BCUT2D eigenvalue weighted by atomic mass is 16.5. The van der Waals surface area contributed by atoms with Gasteiger partial charge in [-0.3, -0.25) is 0 Å². The Morgan fingerprint density at radius 3 is 3.00 bits per heavy atom. The molecule has 3 rings (SSSR count). The number of ether oxygens (including phenoxy) is 2. The lowest BCUT2D eigenvalue weighted by Gasteiger charge is -2.06. The number of hydrogen-bond acceptors (Lipinski definition) is 5. The minimum atomic E-state index is 0.291. The molecular formula is C15H18N2O3. The van der Waals surface area contributed by atoms with Crippen molar-refractivity contribution in [2.45, 2.75) is 25.2 Å². The van der Waals surface area contributed by atoms with Crippen LogP contribution in [0.3, 0.4) is 0 Å². The van der Waals surface area contributed by atoms with E-state index in [1.807, 2.05) is 18.2 Å². The fourth-order valence-corrected chi connectivity index (χ4v) is 2.42. The van der Waals surface area contributed by atoms with Crippen molar-refractivity contribution in [3.05, 3.63) is 41.5 Å². The average Bonchev–Trinajstić information content (AvgIpc) is 3.16. The summed E-state index contributed by atoms with van der Waals surface area (Å²) in [6.07, 6.45) is 2.53. The third-order valence-corrected chi connectivity index (χ3v) is 3.58. The van der Waals surface area contributed by atoms with Crippen molar-refractivity contribution in [3.63, 3.8) is 0 Å². The van der Waals surface area contributed by atoms with E-state index < -0.39 is 0 Å². The van der Waals surface area contributed by atoms with Gasteiger partial charge in [0.25, 0.3) is 0 Å². The molecule has 5 heteroatoms. The summed E-state index contributed by atoms with van der Waals surface area (Å²) < 4.78 is 16.0. The molecule has 1 aromatic heterocycles. The first-order valence-corrected chi connectivity index (χ1v) is 6.89. The highest BCUT2D eigenvalue weighted by Gasteiger charge is 2.23. The number of nitrogens with zero attached hydrogens (tertiary/aromatic N) is 2. The lowest BCUT2D eigenvalue weighted by Crippen LogP contribution is -2.00. The summed E-state index contributed by atoms with van der Waals surface area (Å²) in [7, 11) is 1.68. The number of hydrogen-bond donors (Lipinski definition) is 0. The molecule has 0 N–H and O–H groups in total. The summed E-state index contributed by atoms with van der Waals surface area (Å²) in [5.74, 6) is 2.64. The molecule has 1 aromatic carbocycles. The van der Waals surface area contributed by atoms with E-state index in [1.165, 1.54) is 0 Å². The van der Waals surface area contributed by atoms with E-state index in [0.717, 1.165) is 43.0 Å². The fourth-order valence-electron chi connectivity index (χ4n) is 2.42. The fraction of sp³-hybridized carbons (Fsp3) is 0.467. The Morgan fingerprint density at radius 2 is 2.20 bits per heavy atom. The SMILES string of the molecule is COc1ccccc1CCc1nc(C2CCOC2)no1. The Balaban J connectivity index is 1.63. The Kier molecular flexibility index (Phi) is 3.97. The van der Waals surface area contributed by atoms with Crippen LogP contribution >= 0.6 is 0 Å². The van der Waals surface area contributed by atoms with Crippen LogP contribution in [-0.4, -0.2) is 30.5 Å². The third-order valence-electron chi connectivity index (χ3n) is 3.58. The molecule has 1 aliphatic heterocycles. The van der Waals surface area contributed by atoms with Crippen LogP contribution in [0, 0.1) is 0 Å². The van der Waals surface area contributed by atoms with E-state index in [-0.39, 0.29) is 0 Å². The second-order valence-corrected chi connectivity index (χ2v) is 4.92. The summed E-state index contributed by atoms with van der Waals surface area (Å²) in [5, 5.41) is 4.06. The van der Waals surface area contributed by atoms with Gasteiger partial charge in [-0.05, 0) is 24.5 Å². The maximum Gasteiger partial charge on any atom is 0.226 e. The van der Waals surface area contributed by atoms with Crippen LogP contribution in [-0.2, 0) is 17.6 Å². The normalized spacial score (nSPS) is 18.4. The summed E-state index contributed by atoms with van der Waals surface area (Å²) in [4.78, 5) is 4.46. The molecule has 0 radical (unpaired) electrons. The van der Waals surface area contributed by atoms with E-state index in [4.69, 9.17) is 14.0 Å². The predicted molar refractivity (Wildman–Crippen MR) is 72.9 cm³/mol. The van der Waals surface area contributed by atoms with Gasteiger partial charge in [0.05, 0.1) is 13.7 Å². The van der Waals surface area contributed by atoms with Gasteiger partial charge in [-0.15, -0.1) is 0 Å². The molecule has 1 saturated heterocycles. The Morgan fingerprint density at radius 1 is 1.30 bits per heavy atom. The van der Waals surface area contributed by atoms with Crippen LogP contribution in [0.5, 0.6) is 5.75 Å². The largest absolute Gasteiger partial charge is 0.496 e. The molecule has 1 unspecified atom stereocenters. The van der Waals surface area contributed by atoms with Gasteiger partial charge in [0.15, 0.2) is 5.82 Å². The minimum Gasteiger partial charge on any atom is -0.496 e. The molecule has 106 valence electrons. The number of methoxy groups -OCH3 is 1. The highest BCUT2D eigenvalue weighted by molar-refractivity contribution is 5.33. The summed E-state index contributed by atoms with van der Waals surface area (Å²) in [6, 6.07) is 7.99. The van der Waals surface area contributed by atoms with E-state index in [9.17, 15) is 0 Å². The zero-order valence-electron chi connectivity index (χ0n) is 11.5. The van der Waals surface area contributed by atoms with Crippen LogP contribution in [0.2, 0.25) is 0 Å². The maximum absolute atomic E-state index is 5.34. The monoisotopic (exact) mass is 274 g/mol. The predicted octanol–water partition coefficient (Wildman–Crippen LogP) is 2.37. The van der Waals surface area contributed by atoms with Crippen molar-refractivity contribution < 1.29 is 14.0 Å². The molecule has 0 spiro atoms. The zero-order valence-corrected chi connectivity index (χ0v) is 11.5. The first-order valence-electron chi connectivity index (χ1n) is 6.89. The second kappa shape index (κ2) is 6.05. The van der Waals surface area contributed by atoms with Gasteiger partial charge >= 0.3 is 0 Å². The topological polar surface area (TPSA) is 57.4 Å². The van der Waals surface area contributed by atoms with E-state index >= 15 is 0 Å². The molecule has 0 saturated carbocycles. The zero-order chi connectivity index (χ0) is 13.8. The Bertz CT molecular complexity index is 562. The van der Waals surface area contributed by atoms with Crippen molar-refractivity contribution in [3.8, 4) is 5.75 Å². The molecule has 1 fully saturated rings. The number of benzene rings is 1. The van der Waals surface area contributed by atoms with Gasteiger partial charge in [-0.1, -0.05) is 23.4 Å². The highest BCUT2D eigenvalue weighted by Crippen LogP contribution is 2.23. The Labute approximate surface area is 117 Å². The number of para-hydroxylation sites is 1. The Hall–Kier alpha value is -1.88. The molecular weight excluding hydrogens is 256 g/mol.